The Labute approximate surface area is 233 Å². The van der Waals surface area contributed by atoms with Crippen LogP contribution in [0.25, 0.3) is 11.0 Å². The molecule has 4 aromatic rings. The highest BCUT2D eigenvalue weighted by Crippen LogP contribution is 2.31. The van der Waals surface area contributed by atoms with Crippen molar-refractivity contribution in [1.29, 1.82) is 0 Å². The van der Waals surface area contributed by atoms with Gasteiger partial charge in [0.15, 0.2) is 0 Å². The highest BCUT2D eigenvalue weighted by atomic mass is 16.5. The number of ether oxygens (including phenoxy) is 2. The maximum absolute atomic E-state index is 14.2. The number of carbonyl (C=O) groups excluding carboxylic acids is 2. The van der Waals surface area contributed by atoms with Gasteiger partial charge in [-0.05, 0) is 66.9 Å². The molecule has 1 saturated heterocycles. The van der Waals surface area contributed by atoms with Crippen LogP contribution in [0.4, 0.5) is 11.4 Å². The Morgan fingerprint density at radius 1 is 1.05 bits per heavy atom. The number of amides is 2. The van der Waals surface area contributed by atoms with Gasteiger partial charge in [0.1, 0.15) is 23.9 Å². The number of aromatic nitrogens is 3. The lowest BCUT2D eigenvalue weighted by molar-refractivity contribution is -0.127. The molecule has 208 valence electrons. The van der Waals surface area contributed by atoms with Crippen molar-refractivity contribution in [2.45, 2.75) is 31.5 Å². The largest absolute Gasteiger partial charge is 0.497 e. The molecule has 40 heavy (non-hydrogen) atoms. The summed E-state index contributed by atoms with van der Waals surface area (Å²) < 4.78 is 12.6. The van der Waals surface area contributed by atoms with E-state index in [0.29, 0.717) is 35.7 Å². The van der Waals surface area contributed by atoms with Gasteiger partial charge in [-0.25, -0.2) is 4.68 Å². The molecule has 1 aromatic heterocycles. The molecule has 0 saturated carbocycles. The number of anilines is 2. The molecule has 1 aliphatic heterocycles. The lowest BCUT2D eigenvalue weighted by Crippen LogP contribution is -2.46. The van der Waals surface area contributed by atoms with Gasteiger partial charge < -0.3 is 19.7 Å². The van der Waals surface area contributed by atoms with Crippen LogP contribution in [0.1, 0.15) is 24.4 Å². The third-order valence-electron chi connectivity index (χ3n) is 7.08. The van der Waals surface area contributed by atoms with E-state index in [9.17, 15) is 9.59 Å². The van der Waals surface area contributed by atoms with E-state index in [2.05, 4.69) is 15.6 Å². The van der Waals surface area contributed by atoms with Crippen molar-refractivity contribution in [1.82, 2.24) is 20.3 Å². The van der Waals surface area contributed by atoms with Gasteiger partial charge in [-0.2, -0.15) is 0 Å². The van der Waals surface area contributed by atoms with Crippen LogP contribution in [0.5, 0.6) is 5.75 Å². The summed E-state index contributed by atoms with van der Waals surface area (Å²) in [5.41, 5.74) is 3.66. The van der Waals surface area contributed by atoms with Crippen molar-refractivity contribution in [2.75, 3.05) is 44.2 Å². The van der Waals surface area contributed by atoms with Crippen molar-refractivity contribution in [2.24, 2.45) is 0 Å². The van der Waals surface area contributed by atoms with Crippen LogP contribution < -0.4 is 19.9 Å². The number of nitrogens with zero attached hydrogens (tertiary/aromatic N) is 5. The first-order chi connectivity index (χ1) is 19.4. The van der Waals surface area contributed by atoms with Crippen LogP contribution in [0.3, 0.4) is 0 Å². The van der Waals surface area contributed by atoms with Gasteiger partial charge in [-0.3, -0.25) is 14.5 Å². The minimum Gasteiger partial charge on any atom is -0.497 e. The number of rotatable bonds is 10. The van der Waals surface area contributed by atoms with Crippen molar-refractivity contribution >= 4 is 34.2 Å². The first-order valence-corrected chi connectivity index (χ1v) is 13.4. The number of fused-ring (bicyclic) bond motifs is 1. The zero-order valence-electron chi connectivity index (χ0n) is 23.0. The van der Waals surface area contributed by atoms with E-state index >= 15 is 0 Å². The van der Waals surface area contributed by atoms with Crippen molar-refractivity contribution in [3.63, 3.8) is 0 Å². The van der Waals surface area contributed by atoms with E-state index in [0.717, 1.165) is 24.0 Å². The maximum Gasteiger partial charge on any atom is 0.249 e. The van der Waals surface area contributed by atoms with E-state index in [1.54, 1.807) is 36.1 Å². The average Bonchev–Trinajstić information content (AvgIpc) is 3.65. The molecule has 0 unspecified atom stereocenters. The van der Waals surface area contributed by atoms with Crippen LogP contribution in [-0.2, 0) is 20.9 Å². The van der Waals surface area contributed by atoms with E-state index in [-0.39, 0.29) is 24.5 Å². The van der Waals surface area contributed by atoms with Gasteiger partial charge in [0, 0.05) is 38.6 Å². The predicted octanol–water partition coefficient (Wildman–Crippen LogP) is 3.58. The van der Waals surface area contributed by atoms with Gasteiger partial charge in [0.25, 0.3) is 0 Å². The van der Waals surface area contributed by atoms with Crippen molar-refractivity contribution < 1.29 is 19.1 Å². The monoisotopic (exact) mass is 542 g/mol. The molecule has 2 heterocycles. The van der Waals surface area contributed by atoms with Gasteiger partial charge >= 0.3 is 0 Å². The van der Waals surface area contributed by atoms with Crippen LogP contribution in [-0.4, -0.2) is 67.3 Å². The standard InChI is InChI=1S/C30H34N6O4/c1-34(2)22-12-10-21(11-13-22)29(30(38)31-19-25-7-6-18-40-25)36(23-14-16-24(39-3)17-15-23)28(37)20-35-27-9-5-4-8-26(27)32-33-35/h4-5,8-17,25,29H,6-7,18-20H2,1-3H3,(H,31,38)/t25-,29+/m1/s1. The van der Waals surface area contributed by atoms with Gasteiger partial charge in [0.05, 0.1) is 18.7 Å². The molecule has 1 aliphatic rings. The second kappa shape index (κ2) is 12.2. The third-order valence-corrected chi connectivity index (χ3v) is 7.08. The van der Waals surface area contributed by atoms with Gasteiger partial charge in [-0.1, -0.05) is 29.5 Å². The second-order valence-corrected chi connectivity index (χ2v) is 9.97. The third kappa shape index (κ3) is 5.91. The Hall–Kier alpha value is -4.44. The predicted molar refractivity (Wildman–Crippen MR) is 154 cm³/mol. The summed E-state index contributed by atoms with van der Waals surface area (Å²) in [5.74, 6) is 0.0450. The summed E-state index contributed by atoms with van der Waals surface area (Å²) in [6.07, 6.45) is 1.83. The number of benzene rings is 3. The molecule has 10 heteroatoms. The molecule has 10 nitrogen and oxygen atoms in total. The van der Waals surface area contributed by atoms with Crippen molar-refractivity contribution in [3.05, 3.63) is 78.4 Å². The number of hydrogen-bond acceptors (Lipinski definition) is 7. The SMILES string of the molecule is COc1ccc(N(C(=O)Cn2nnc3ccccc32)[C@H](C(=O)NC[C@H]2CCCO2)c2ccc(N(C)C)cc2)cc1. The number of carbonyl (C=O) groups is 2. The number of para-hydroxylation sites is 1. The van der Waals surface area contributed by atoms with Crippen LogP contribution in [0.15, 0.2) is 72.8 Å². The number of methoxy groups -OCH3 is 1. The minimum absolute atomic E-state index is 0.0348. The lowest BCUT2D eigenvalue weighted by atomic mass is 10.0. The van der Waals surface area contributed by atoms with E-state index in [1.165, 1.54) is 4.90 Å². The fourth-order valence-electron chi connectivity index (χ4n) is 4.91. The Kier molecular flexibility index (Phi) is 8.26. The lowest BCUT2D eigenvalue weighted by Gasteiger charge is -2.32. The molecule has 0 spiro atoms. The molecule has 5 rings (SSSR count). The summed E-state index contributed by atoms with van der Waals surface area (Å²) in [5, 5.41) is 11.5. The van der Waals surface area contributed by atoms with Crippen LogP contribution in [0, 0.1) is 0 Å². The topological polar surface area (TPSA) is 102 Å². The fourth-order valence-corrected chi connectivity index (χ4v) is 4.91. The first kappa shape index (κ1) is 27.1. The Bertz CT molecular complexity index is 1450. The van der Waals surface area contributed by atoms with Crippen LogP contribution >= 0.6 is 0 Å². The normalized spacial score (nSPS) is 15.5. The van der Waals surface area contributed by atoms with E-state index in [1.807, 2.05) is 67.5 Å². The molecule has 0 radical (unpaired) electrons. The zero-order valence-corrected chi connectivity index (χ0v) is 23.0. The smallest absolute Gasteiger partial charge is 0.249 e. The molecular formula is C30H34N6O4. The molecule has 1 N–H and O–H groups in total. The summed E-state index contributed by atoms with van der Waals surface area (Å²) in [6, 6.07) is 21.3. The summed E-state index contributed by atoms with van der Waals surface area (Å²) in [4.78, 5) is 31.6. The van der Waals surface area contributed by atoms with Gasteiger partial charge in [-0.15, -0.1) is 5.10 Å². The van der Waals surface area contributed by atoms with E-state index in [4.69, 9.17) is 9.47 Å². The second-order valence-electron chi connectivity index (χ2n) is 9.97. The molecule has 0 bridgehead atoms. The minimum atomic E-state index is -0.937. The average molecular weight is 543 g/mol. The van der Waals surface area contributed by atoms with E-state index < -0.39 is 6.04 Å². The quantitative estimate of drug-likeness (QED) is 0.327. The Balaban J connectivity index is 1.54. The molecule has 2 amide bonds. The number of nitrogens with one attached hydrogen (secondary N) is 1. The first-order valence-electron chi connectivity index (χ1n) is 13.4. The number of hydrogen-bond donors (Lipinski definition) is 1. The highest BCUT2D eigenvalue weighted by molar-refractivity contribution is 6.01. The molecule has 1 fully saturated rings. The molecule has 2 atom stereocenters. The summed E-state index contributed by atoms with van der Waals surface area (Å²) in [6.45, 7) is 0.972. The van der Waals surface area contributed by atoms with Gasteiger partial charge in [0.2, 0.25) is 11.8 Å². The Morgan fingerprint density at radius 2 is 1.77 bits per heavy atom. The molecule has 3 aromatic carbocycles. The fraction of sp³-hybridized carbons (Fsp3) is 0.333. The van der Waals surface area contributed by atoms with Crippen molar-refractivity contribution in [3.8, 4) is 5.75 Å². The highest BCUT2D eigenvalue weighted by Gasteiger charge is 2.34. The summed E-state index contributed by atoms with van der Waals surface area (Å²) >= 11 is 0. The molecule has 0 aliphatic carbocycles. The maximum atomic E-state index is 14.2. The zero-order chi connectivity index (χ0) is 28.1. The Morgan fingerprint density at radius 3 is 2.45 bits per heavy atom. The van der Waals surface area contributed by atoms with Crippen LogP contribution in [0.2, 0.25) is 0 Å². The summed E-state index contributed by atoms with van der Waals surface area (Å²) in [7, 11) is 5.49. The molecular weight excluding hydrogens is 508 g/mol.